The van der Waals surface area contributed by atoms with E-state index in [2.05, 4.69) is 4.98 Å². The number of fused-ring (bicyclic) bond motifs is 1. The summed E-state index contributed by atoms with van der Waals surface area (Å²) in [5.74, 6) is -0.841. The zero-order chi connectivity index (χ0) is 13.3. The molecule has 0 aliphatic rings. The first-order valence-electron chi connectivity index (χ1n) is 5.37. The third-order valence-corrected chi connectivity index (χ3v) is 4.04. The van der Waals surface area contributed by atoms with Gasteiger partial charge in [0.05, 0.1) is 5.52 Å². The van der Waals surface area contributed by atoms with Crippen LogP contribution in [0.1, 0.15) is 13.8 Å². The van der Waals surface area contributed by atoms with Crippen LogP contribution in [0.25, 0.3) is 10.9 Å². The maximum absolute atomic E-state index is 11.2. The van der Waals surface area contributed by atoms with Crippen molar-refractivity contribution < 1.29 is 9.90 Å². The van der Waals surface area contributed by atoms with Crippen molar-refractivity contribution in [3.63, 3.8) is 0 Å². The van der Waals surface area contributed by atoms with Gasteiger partial charge in [-0.3, -0.25) is 9.78 Å². The maximum atomic E-state index is 11.2. The second-order valence-corrected chi connectivity index (χ2v) is 6.49. The number of pyridine rings is 1. The van der Waals surface area contributed by atoms with E-state index in [9.17, 15) is 4.79 Å². The molecule has 0 radical (unpaired) electrons. The molecule has 1 aromatic carbocycles. The monoisotopic (exact) mass is 281 g/mol. The number of nitrogens with zero attached hydrogens (tertiary/aromatic N) is 1. The quantitative estimate of drug-likeness (QED) is 0.869. The van der Waals surface area contributed by atoms with Crippen LogP contribution in [0, 0.1) is 0 Å². The molecular formula is C13H12ClNO2S. The highest BCUT2D eigenvalue weighted by atomic mass is 35.5. The van der Waals surface area contributed by atoms with Gasteiger partial charge in [0, 0.05) is 21.5 Å². The minimum atomic E-state index is -0.881. The van der Waals surface area contributed by atoms with E-state index in [0.717, 1.165) is 15.8 Å². The van der Waals surface area contributed by atoms with Gasteiger partial charge in [0.1, 0.15) is 4.75 Å². The molecule has 2 rings (SSSR count). The molecule has 0 bridgehead atoms. The van der Waals surface area contributed by atoms with E-state index in [0.29, 0.717) is 5.02 Å². The van der Waals surface area contributed by atoms with Crippen molar-refractivity contribution in [3.05, 3.63) is 35.5 Å². The van der Waals surface area contributed by atoms with Gasteiger partial charge in [-0.25, -0.2) is 0 Å². The molecule has 0 saturated carbocycles. The van der Waals surface area contributed by atoms with Crippen molar-refractivity contribution in [2.24, 2.45) is 0 Å². The summed E-state index contributed by atoms with van der Waals surface area (Å²) in [4.78, 5) is 16.3. The highest BCUT2D eigenvalue weighted by molar-refractivity contribution is 8.01. The van der Waals surface area contributed by atoms with Gasteiger partial charge in [-0.05, 0) is 32.0 Å². The molecule has 3 nitrogen and oxygen atoms in total. The molecule has 0 aliphatic carbocycles. The molecule has 18 heavy (non-hydrogen) atoms. The van der Waals surface area contributed by atoms with Crippen molar-refractivity contribution in [2.45, 2.75) is 23.5 Å². The topological polar surface area (TPSA) is 50.2 Å². The summed E-state index contributed by atoms with van der Waals surface area (Å²) < 4.78 is -0.881. The Morgan fingerprint density at radius 1 is 1.39 bits per heavy atom. The van der Waals surface area contributed by atoms with Crippen LogP contribution in [0.4, 0.5) is 0 Å². The van der Waals surface area contributed by atoms with E-state index in [4.69, 9.17) is 16.7 Å². The van der Waals surface area contributed by atoms with Gasteiger partial charge >= 0.3 is 5.97 Å². The van der Waals surface area contributed by atoms with Crippen LogP contribution in [0.3, 0.4) is 0 Å². The van der Waals surface area contributed by atoms with Crippen LogP contribution in [-0.2, 0) is 4.79 Å². The smallest absolute Gasteiger partial charge is 0.319 e. The van der Waals surface area contributed by atoms with E-state index < -0.39 is 10.7 Å². The summed E-state index contributed by atoms with van der Waals surface area (Å²) in [6.45, 7) is 3.37. The number of hydrogen-bond donors (Lipinski definition) is 1. The summed E-state index contributed by atoms with van der Waals surface area (Å²) >= 11 is 7.22. The first-order chi connectivity index (χ1) is 8.40. The second kappa shape index (κ2) is 4.78. The number of rotatable bonds is 3. The number of aromatic nitrogens is 1. The lowest BCUT2D eigenvalue weighted by molar-refractivity contribution is -0.138. The maximum Gasteiger partial charge on any atom is 0.319 e. The van der Waals surface area contributed by atoms with Crippen molar-refractivity contribution in [2.75, 3.05) is 0 Å². The standard InChI is InChI=1S/C13H12ClNO2S/c1-13(2,12(16)17)18-11-5-6-15-10-7-8(14)3-4-9(10)11/h3-7H,1-2H3,(H,16,17). The SMILES string of the molecule is CC(C)(Sc1ccnc2cc(Cl)ccc12)C(=O)O. The van der Waals surface area contributed by atoms with E-state index in [1.54, 1.807) is 32.2 Å². The number of halogens is 1. The zero-order valence-corrected chi connectivity index (χ0v) is 11.5. The van der Waals surface area contributed by atoms with Crippen LogP contribution in [-0.4, -0.2) is 20.8 Å². The van der Waals surface area contributed by atoms with Gasteiger partial charge in [-0.15, -0.1) is 11.8 Å². The number of carboxylic acids is 1. The molecule has 0 saturated heterocycles. The predicted octanol–water partition coefficient (Wildman–Crippen LogP) is 3.84. The van der Waals surface area contributed by atoms with Gasteiger partial charge in [0.15, 0.2) is 0 Å². The number of hydrogen-bond acceptors (Lipinski definition) is 3. The van der Waals surface area contributed by atoms with Gasteiger partial charge in [-0.2, -0.15) is 0 Å². The van der Waals surface area contributed by atoms with E-state index in [1.165, 1.54) is 11.8 Å². The van der Waals surface area contributed by atoms with E-state index in [1.807, 2.05) is 12.1 Å². The molecule has 0 unspecified atom stereocenters. The largest absolute Gasteiger partial charge is 0.480 e. The Hall–Kier alpha value is -1.26. The molecule has 94 valence electrons. The highest BCUT2D eigenvalue weighted by Crippen LogP contribution is 2.36. The lowest BCUT2D eigenvalue weighted by Gasteiger charge is -2.19. The third-order valence-electron chi connectivity index (χ3n) is 2.54. The van der Waals surface area contributed by atoms with Crippen molar-refractivity contribution in [1.29, 1.82) is 0 Å². The number of thioether (sulfide) groups is 1. The molecule has 1 aromatic heterocycles. The van der Waals surface area contributed by atoms with Crippen LogP contribution in [0.5, 0.6) is 0 Å². The minimum Gasteiger partial charge on any atom is -0.480 e. The Labute approximate surface area is 114 Å². The Balaban J connectivity index is 2.49. The molecule has 0 aliphatic heterocycles. The third kappa shape index (κ3) is 2.60. The molecule has 0 fully saturated rings. The lowest BCUT2D eigenvalue weighted by Crippen LogP contribution is -2.26. The van der Waals surface area contributed by atoms with Crippen LogP contribution >= 0.6 is 23.4 Å². The number of aliphatic carboxylic acids is 1. The lowest BCUT2D eigenvalue weighted by atomic mass is 10.2. The second-order valence-electron chi connectivity index (χ2n) is 4.39. The molecule has 1 heterocycles. The van der Waals surface area contributed by atoms with Crippen molar-refractivity contribution >= 4 is 40.2 Å². The highest BCUT2D eigenvalue weighted by Gasteiger charge is 2.29. The number of carbonyl (C=O) groups is 1. The van der Waals surface area contributed by atoms with Crippen molar-refractivity contribution in [1.82, 2.24) is 4.98 Å². The van der Waals surface area contributed by atoms with Gasteiger partial charge in [0.25, 0.3) is 0 Å². The molecule has 0 spiro atoms. The molecule has 0 atom stereocenters. The van der Waals surface area contributed by atoms with Crippen LogP contribution in [0.2, 0.25) is 5.02 Å². The molecule has 1 N–H and O–H groups in total. The first kappa shape index (κ1) is 13.2. The Bertz CT molecular complexity index is 613. The van der Waals surface area contributed by atoms with Gasteiger partial charge < -0.3 is 5.11 Å². The zero-order valence-electron chi connectivity index (χ0n) is 9.98. The minimum absolute atomic E-state index is 0.620. The molecule has 5 heteroatoms. The van der Waals surface area contributed by atoms with E-state index >= 15 is 0 Å². The fourth-order valence-corrected chi connectivity index (χ4v) is 2.72. The molecular weight excluding hydrogens is 270 g/mol. The summed E-state index contributed by atoms with van der Waals surface area (Å²) in [7, 11) is 0. The summed E-state index contributed by atoms with van der Waals surface area (Å²) in [5.41, 5.74) is 0.772. The summed E-state index contributed by atoms with van der Waals surface area (Å²) in [5, 5.41) is 10.7. The van der Waals surface area contributed by atoms with E-state index in [-0.39, 0.29) is 0 Å². The predicted molar refractivity (Wildman–Crippen MR) is 74.3 cm³/mol. The fourth-order valence-electron chi connectivity index (χ4n) is 1.50. The van der Waals surface area contributed by atoms with Crippen molar-refractivity contribution in [3.8, 4) is 0 Å². The number of benzene rings is 1. The molecule has 0 amide bonds. The fraction of sp³-hybridized carbons (Fsp3) is 0.231. The number of carboxylic acid groups (broad SMARTS) is 1. The Morgan fingerprint density at radius 2 is 2.11 bits per heavy atom. The average molecular weight is 282 g/mol. The van der Waals surface area contributed by atoms with Gasteiger partial charge in [0.2, 0.25) is 0 Å². The summed E-state index contributed by atoms with van der Waals surface area (Å²) in [6.07, 6.45) is 1.67. The van der Waals surface area contributed by atoms with Gasteiger partial charge in [-0.1, -0.05) is 17.7 Å². The molecule has 2 aromatic rings. The Kier molecular flexibility index (Phi) is 3.50. The summed E-state index contributed by atoms with van der Waals surface area (Å²) in [6, 6.07) is 7.24. The average Bonchev–Trinajstić information content (AvgIpc) is 2.28. The van der Waals surface area contributed by atoms with Crippen LogP contribution < -0.4 is 0 Å². The normalized spacial score (nSPS) is 11.7. The first-order valence-corrected chi connectivity index (χ1v) is 6.56. The Morgan fingerprint density at radius 3 is 2.78 bits per heavy atom. The van der Waals surface area contributed by atoms with Crippen LogP contribution in [0.15, 0.2) is 35.4 Å².